The summed E-state index contributed by atoms with van der Waals surface area (Å²) in [5.74, 6) is -0.190. The third kappa shape index (κ3) is 5.53. The van der Waals surface area contributed by atoms with Crippen molar-refractivity contribution >= 4 is 44.0 Å². The number of hydrogen-bond acceptors (Lipinski definition) is 3. The van der Waals surface area contributed by atoms with E-state index < -0.39 is 10.0 Å². The van der Waals surface area contributed by atoms with Crippen LogP contribution in [0.2, 0.25) is 5.02 Å². The average Bonchev–Trinajstić information content (AvgIpc) is 2.80. The SMILES string of the molecule is CS(=O)(=O)N(Cc1ccc(C(=O)NCc2cccc3ccccc23)cc1)c1cccc(Cl)c1. The number of fused-ring (bicyclic) bond motifs is 1. The van der Waals surface area contributed by atoms with Gasteiger partial charge < -0.3 is 5.32 Å². The Morgan fingerprint density at radius 1 is 0.909 bits per heavy atom. The number of halogens is 1. The van der Waals surface area contributed by atoms with Crippen molar-refractivity contribution in [3.05, 3.63) is 113 Å². The fraction of sp³-hybridized carbons (Fsp3) is 0.115. The lowest BCUT2D eigenvalue weighted by Crippen LogP contribution is -2.29. The van der Waals surface area contributed by atoms with Crippen LogP contribution in [-0.4, -0.2) is 20.6 Å². The fourth-order valence-electron chi connectivity index (χ4n) is 3.68. The third-order valence-electron chi connectivity index (χ3n) is 5.36. The van der Waals surface area contributed by atoms with Gasteiger partial charge in [0.1, 0.15) is 0 Å². The van der Waals surface area contributed by atoms with Gasteiger partial charge >= 0.3 is 0 Å². The summed E-state index contributed by atoms with van der Waals surface area (Å²) in [4.78, 5) is 12.7. The number of amides is 1. The van der Waals surface area contributed by atoms with E-state index >= 15 is 0 Å². The van der Waals surface area contributed by atoms with E-state index in [9.17, 15) is 13.2 Å². The van der Waals surface area contributed by atoms with Gasteiger partial charge in [-0.25, -0.2) is 8.42 Å². The molecule has 0 aliphatic rings. The molecule has 0 bridgehead atoms. The maximum atomic E-state index is 12.7. The van der Waals surface area contributed by atoms with Gasteiger partial charge in [0.25, 0.3) is 5.91 Å². The Bertz CT molecular complexity index is 1400. The topological polar surface area (TPSA) is 66.5 Å². The highest BCUT2D eigenvalue weighted by Gasteiger charge is 2.18. The number of carbonyl (C=O) groups excluding carboxylic acids is 1. The van der Waals surface area contributed by atoms with Crippen LogP contribution in [0.15, 0.2) is 91.0 Å². The summed E-state index contributed by atoms with van der Waals surface area (Å²) in [5.41, 5.74) is 2.80. The van der Waals surface area contributed by atoms with E-state index in [-0.39, 0.29) is 12.5 Å². The molecule has 0 atom stereocenters. The average molecular weight is 479 g/mol. The zero-order valence-electron chi connectivity index (χ0n) is 18.0. The second kappa shape index (κ2) is 9.65. The molecule has 0 heterocycles. The van der Waals surface area contributed by atoms with E-state index in [4.69, 9.17) is 11.6 Å². The van der Waals surface area contributed by atoms with Crippen molar-refractivity contribution in [1.82, 2.24) is 5.32 Å². The van der Waals surface area contributed by atoms with E-state index in [2.05, 4.69) is 5.32 Å². The Hall–Kier alpha value is -3.35. The molecule has 7 heteroatoms. The van der Waals surface area contributed by atoms with Crippen LogP contribution in [0.1, 0.15) is 21.5 Å². The largest absolute Gasteiger partial charge is 0.348 e. The van der Waals surface area contributed by atoms with Gasteiger partial charge in [-0.1, -0.05) is 72.3 Å². The number of benzene rings is 4. The lowest BCUT2D eigenvalue weighted by molar-refractivity contribution is 0.0951. The van der Waals surface area contributed by atoms with Gasteiger partial charge in [0.05, 0.1) is 18.5 Å². The van der Waals surface area contributed by atoms with Crippen LogP contribution in [-0.2, 0) is 23.1 Å². The van der Waals surface area contributed by atoms with Crippen LogP contribution in [0.25, 0.3) is 10.8 Å². The lowest BCUT2D eigenvalue weighted by Gasteiger charge is -2.22. The molecule has 0 aliphatic carbocycles. The first-order valence-electron chi connectivity index (χ1n) is 10.4. The smallest absolute Gasteiger partial charge is 0.251 e. The van der Waals surface area contributed by atoms with Crippen molar-refractivity contribution in [3.63, 3.8) is 0 Å². The van der Waals surface area contributed by atoms with Crippen LogP contribution in [0.5, 0.6) is 0 Å². The van der Waals surface area contributed by atoms with Crippen LogP contribution >= 0.6 is 11.6 Å². The van der Waals surface area contributed by atoms with Gasteiger partial charge in [-0.3, -0.25) is 9.10 Å². The molecule has 0 spiro atoms. The maximum Gasteiger partial charge on any atom is 0.251 e. The number of nitrogens with one attached hydrogen (secondary N) is 1. The van der Waals surface area contributed by atoms with E-state index in [0.717, 1.165) is 28.2 Å². The molecule has 4 aromatic carbocycles. The van der Waals surface area contributed by atoms with Crippen LogP contribution in [0.4, 0.5) is 5.69 Å². The monoisotopic (exact) mass is 478 g/mol. The molecule has 0 aliphatic heterocycles. The standard InChI is InChI=1S/C26H23ClN2O3S/c1-33(31,32)29(24-10-5-9-23(27)16-24)18-19-12-14-21(15-13-19)26(30)28-17-22-8-4-7-20-6-2-3-11-25(20)22/h2-16H,17-18H2,1H3,(H,28,30). The predicted molar refractivity (Wildman–Crippen MR) is 134 cm³/mol. The van der Waals surface area contributed by atoms with Gasteiger partial charge in [-0.05, 0) is 52.2 Å². The minimum Gasteiger partial charge on any atom is -0.348 e. The molecule has 0 aromatic heterocycles. The zero-order chi connectivity index (χ0) is 23.4. The molecule has 4 aromatic rings. The normalized spacial score (nSPS) is 11.3. The first kappa shape index (κ1) is 22.8. The van der Waals surface area contributed by atoms with Crippen LogP contribution in [0.3, 0.4) is 0 Å². The summed E-state index contributed by atoms with van der Waals surface area (Å²) in [6.07, 6.45) is 1.16. The molecule has 0 fully saturated rings. The molecule has 4 rings (SSSR count). The summed E-state index contributed by atoms with van der Waals surface area (Å²) >= 11 is 6.04. The van der Waals surface area contributed by atoms with Crippen molar-refractivity contribution < 1.29 is 13.2 Å². The quantitative estimate of drug-likeness (QED) is 0.387. The number of nitrogens with zero attached hydrogens (tertiary/aromatic N) is 1. The Labute approximate surface area is 198 Å². The van der Waals surface area contributed by atoms with Crippen molar-refractivity contribution in [2.24, 2.45) is 0 Å². The highest BCUT2D eigenvalue weighted by molar-refractivity contribution is 7.92. The van der Waals surface area contributed by atoms with Crippen molar-refractivity contribution in [1.29, 1.82) is 0 Å². The van der Waals surface area contributed by atoms with E-state index in [0.29, 0.717) is 22.8 Å². The molecule has 0 saturated heterocycles. The Balaban J connectivity index is 1.46. The van der Waals surface area contributed by atoms with Gasteiger partial charge in [0.2, 0.25) is 10.0 Å². The van der Waals surface area contributed by atoms with Crippen molar-refractivity contribution in [2.45, 2.75) is 13.1 Å². The second-order valence-electron chi connectivity index (χ2n) is 7.77. The number of rotatable bonds is 7. The van der Waals surface area contributed by atoms with Gasteiger partial charge in [0.15, 0.2) is 0 Å². The van der Waals surface area contributed by atoms with Crippen molar-refractivity contribution in [3.8, 4) is 0 Å². The minimum absolute atomic E-state index is 0.136. The summed E-state index contributed by atoms with van der Waals surface area (Å²) < 4.78 is 26.0. The highest BCUT2D eigenvalue weighted by atomic mass is 35.5. The van der Waals surface area contributed by atoms with Gasteiger partial charge in [-0.15, -0.1) is 0 Å². The molecule has 1 amide bonds. The number of anilines is 1. The molecule has 0 unspecified atom stereocenters. The summed E-state index contributed by atoms with van der Waals surface area (Å²) in [6.45, 7) is 0.551. The van der Waals surface area contributed by atoms with Gasteiger partial charge in [0, 0.05) is 17.1 Å². The highest BCUT2D eigenvalue weighted by Crippen LogP contribution is 2.24. The number of carbonyl (C=O) groups is 1. The number of hydrogen-bond donors (Lipinski definition) is 1. The first-order valence-corrected chi connectivity index (χ1v) is 12.6. The van der Waals surface area contributed by atoms with Gasteiger partial charge in [-0.2, -0.15) is 0 Å². The Kier molecular flexibility index (Phi) is 6.67. The maximum absolute atomic E-state index is 12.7. The van der Waals surface area contributed by atoms with E-state index in [1.54, 1.807) is 48.5 Å². The number of sulfonamides is 1. The molecule has 5 nitrogen and oxygen atoms in total. The molecule has 1 N–H and O–H groups in total. The van der Waals surface area contributed by atoms with Crippen LogP contribution in [0, 0.1) is 0 Å². The molecular formula is C26H23ClN2O3S. The lowest BCUT2D eigenvalue weighted by atomic mass is 10.0. The summed E-state index contributed by atoms with van der Waals surface area (Å²) in [7, 11) is -3.52. The first-order chi connectivity index (χ1) is 15.8. The summed E-state index contributed by atoms with van der Waals surface area (Å²) in [5, 5.41) is 5.66. The molecule has 0 saturated carbocycles. The van der Waals surface area contributed by atoms with Crippen LogP contribution < -0.4 is 9.62 Å². The minimum atomic E-state index is -3.52. The molecular weight excluding hydrogens is 456 g/mol. The van der Waals surface area contributed by atoms with E-state index in [1.807, 2.05) is 42.5 Å². The second-order valence-corrected chi connectivity index (χ2v) is 10.1. The molecule has 0 radical (unpaired) electrons. The summed E-state index contributed by atoms with van der Waals surface area (Å²) in [6, 6.07) is 27.7. The molecule has 168 valence electrons. The Morgan fingerprint density at radius 2 is 1.61 bits per heavy atom. The van der Waals surface area contributed by atoms with Crippen molar-refractivity contribution in [2.75, 3.05) is 10.6 Å². The molecule has 33 heavy (non-hydrogen) atoms. The van der Waals surface area contributed by atoms with E-state index in [1.165, 1.54) is 4.31 Å². The Morgan fingerprint density at radius 3 is 2.33 bits per heavy atom. The third-order valence-corrected chi connectivity index (χ3v) is 6.73. The zero-order valence-corrected chi connectivity index (χ0v) is 19.6. The predicted octanol–water partition coefficient (Wildman–Crippen LogP) is 5.39. The fourth-order valence-corrected chi connectivity index (χ4v) is 4.75.